The standard InChI is InChI=1S/C11H13BrN2O3/c1-4-5-17-9(6-12)14-7-8(2)10(15)13(3)11(14)16/h1,7,9H,5-6H2,2-3H3. The van der Waals surface area contributed by atoms with Crippen molar-refractivity contribution in [3.8, 4) is 12.3 Å². The van der Waals surface area contributed by atoms with Crippen LogP contribution in [0.1, 0.15) is 11.8 Å². The third kappa shape index (κ3) is 2.87. The molecule has 1 heterocycles. The van der Waals surface area contributed by atoms with E-state index >= 15 is 0 Å². The van der Waals surface area contributed by atoms with Gasteiger partial charge >= 0.3 is 5.69 Å². The van der Waals surface area contributed by atoms with Crippen molar-refractivity contribution in [3.05, 3.63) is 32.6 Å². The van der Waals surface area contributed by atoms with Crippen molar-refractivity contribution in [2.45, 2.75) is 13.2 Å². The molecule has 0 aromatic carbocycles. The molecule has 0 saturated carbocycles. The van der Waals surface area contributed by atoms with Gasteiger partial charge < -0.3 is 4.74 Å². The number of rotatable bonds is 4. The van der Waals surface area contributed by atoms with E-state index in [0.29, 0.717) is 10.9 Å². The largest absolute Gasteiger partial charge is 0.344 e. The summed E-state index contributed by atoms with van der Waals surface area (Å²) >= 11 is 3.24. The van der Waals surface area contributed by atoms with Crippen LogP contribution in [-0.4, -0.2) is 21.1 Å². The van der Waals surface area contributed by atoms with Crippen molar-refractivity contribution in [1.82, 2.24) is 9.13 Å². The van der Waals surface area contributed by atoms with Gasteiger partial charge in [-0.05, 0) is 6.92 Å². The number of hydrogen-bond donors (Lipinski definition) is 0. The minimum atomic E-state index is -0.524. The number of alkyl halides is 1. The second kappa shape index (κ2) is 5.84. The summed E-state index contributed by atoms with van der Waals surface area (Å²) in [5.74, 6) is 2.34. The molecule has 1 unspecified atom stereocenters. The van der Waals surface area contributed by atoms with Crippen LogP contribution >= 0.6 is 15.9 Å². The Kier molecular flexibility index (Phi) is 4.73. The summed E-state index contributed by atoms with van der Waals surface area (Å²) in [7, 11) is 1.43. The quantitative estimate of drug-likeness (QED) is 0.597. The van der Waals surface area contributed by atoms with E-state index in [0.717, 1.165) is 4.57 Å². The Balaban J connectivity index is 3.26. The average molecular weight is 301 g/mol. The maximum Gasteiger partial charge on any atom is 0.332 e. The topological polar surface area (TPSA) is 53.2 Å². The Labute approximate surface area is 107 Å². The van der Waals surface area contributed by atoms with E-state index in [1.54, 1.807) is 6.92 Å². The third-order valence-corrected chi connectivity index (χ3v) is 2.84. The first kappa shape index (κ1) is 13.7. The van der Waals surface area contributed by atoms with Gasteiger partial charge in [0.1, 0.15) is 12.8 Å². The van der Waals surface area contributed by atoms with Crippen LogP contribution in [0.4, 0.5) is 0 Å². The van der Waals surface area contributed by atoms with Gasteiger partial charge in [0.2, 0.25) is 0 Å². The molecule has 0 N–H and O–H groups in total. The summed E-state index contributed by atoms with van der Waals surface area (Å²) in [6.07, 6.45) is 6.05. The highest BCUT2D eigenvalue weighted by Crippen LogP contribution is 2.08. The molecule has 1 atom stereocenters. The molecule has 0 aliphatic heterocycles. The molecule has 1 aromatic heterocycles. The molecule has 0 saturated heterocycles. The van der Waals surface area contributed by atoms with Crippen molar-refractivity contribution in [2.75, 3.05) is 11.9 Å². The highest BCUT2D eigenvalue weighted by molar-refractivity contribution is 9.09. The fourth-order valence-corrected chi connectivity index (χ4v) is 1.89. The SMILES string of the molecule is C#CCOC(CBr)n1cc(C)c(=O)n(C)c1=O. The summed E-state index contributed by atoms with van der Waals surface area (Å²) < 4.78 is 7.72. The molecule has 0 radical (unpaired) electrons. The van der Waals surface area contributed by atoms with Gasteiger partial charge in [-0.1, -0.05) is 21.9 Å². The monoisotopic (exact) mass is 300 g/mol. The first-order valence-corrected chi connectivity index (χ1v) is 6.04. The van der Waals surface area contributed by atoms with Crippen LogP contribution in [-0.2, 0) is 11.8 Å². The Morgan fingerprint density at radius 2 is 2.24 bits per heavy atom. The van der Waals surface area contributed by atoms with Gasteiger partial charge in [-0.15, -0.1) is 6.42 Å². The van der Waals surface area contributed by atoms with Crippen molar-refractivity contribution in [2.24, 2.45) is 7.05 Å². The molecule has 0 spiro atoms. The number of nitrogens with zero attached hydrogens (tertiary/aromatic N) is 2. The van der Waals surface area contributed by atoms with E-state index in [-0.39, 0.29) is 12.2 Å². The van der Waals surface area contributed by atoms with Gasteiger partial charge in [0, 0.05) is 24.1 Å². The third-order valence-electron chi connectivity index (χ3n) is 2.28. The van der Waals surface area contributed by atoms with E-state index in [9.17, 15) is 9.59 Å². The Bertz CT molecular complexity index is 553. The fourth-order valence-electron chi connectivity index (χ4n) is 1.39. The van der Waals surface area contributed by atoms with Gasteiger partial charge in [-0.25, -0.2) is 4.79 Å². The van der Waals surface area contributed by atoms with Gasteiger partial charge in [0.05, 0.1) is 0 Å². The summed E-state index contributed by atoms with van der Waals surface area (Å²) in [4.78, 5) is 23.4. The van der Waals surface area contributed by atoms with E-state index in [2.05, 4.69) is 21.9 Å². The second-order valence-electron chi connectivity index (χ2n) is 3.49. The molecule has 1 rings (SSSR count). The maximum absolute atomic E-state index is 11.9. The van der Waals surface area contributed by atoms with Crippen molar-refractivity contribution >= 4 is 15.9 Å². The van der Waals surface area contributed by atoms with Crippen LogP contribution in [0.3, 0.4) is 0 Å². The minimum Gasteiger partial charge on any atom is -0.344 e. The summed E-state index contributed by atoms with van der Waals surface area (Å²) in [5, 5.41) is 0.409. The molecule has 17 heavy (non-hydrogen) atoms. The highest BCUT2D eigenvalue weighted by Gasteiger charge is 2.14. The molecule has 1 aromatic rings. The van der Waals surface area contributed by atoms with Crippen LogP contribution in [0.15, 0.2) is 15.8 Å². The Hall–Kier alpha value is -1.32. The lowest BCUT2D eigenvalue weighted by Crippen LogP contribution is -2.41. The molecule has 0 fully saturated rings. The summed E-state index contributed by atoms with van der Waals surface area (Å²) in [6.45, 7) is 1.75. The molecule has 6 heteroatoms. The molecule has 92 valence electrons. The summed E-state index contributed by atoms with van der Waals surface area (Å²) in [6, 6.07) is 0. The van der Waals surface area contributed by atoms with Crippen molar-refractivity contribution in [1.29, 1.82) is 0 Å². The van der Waals surface area contributed by atoms with Gasteiger partial charge in [0.25, 0.3) is 5.56 Å². The van der Waals surface area contributed by atoms with E-state index in [1.807, 2.05) is 0 Å². The van der Waals surface area contributed by atoms with Gasteiger partial charge in [-0.3, -0.25) is 13.9 Å². The molecular weight excluding hydrogens is 288 g/mol. The van der Waals surface area contributed by atoms with Crippen molar-refractivity contribution < 1.29 is 4.74 Å². The molecule has 0 aliphatic rings. The predicted molar refractivity (Wildman–Crippen MR) is 68.3 cm³/mol. The lowest BCUT2D eigenvalue weighted by Gasteiger charge is -2.18. The molecule has 0 bridgehead atoms. The fraction of sp³-hybridized carbons (Fsp3) is 0.455. The maximum atomic E-state index is 11.9. The Morgan fingerprint density at radius 3 is 2.76 bits per heavy atom. The van der Waals surface area contributed by atoms with Crippen LogP contribution in [0.25, 0.3) is 0 Å². The minimum absolute atomic E-state index is 0.102. The van der Waals surface area contributed by atoms with Crippen molar-refractivity contribution in [3.63, 3.8) is 0 Å². The summed E-state index contributed by atoms with van der Waals surface area (Å²) in [5.41, 5.74) is -0.263. The first-order chi connectivity index (χ1) is 8.02. The smallest absolute Gasteiger partial charge is 0.332 e. The molecule has 0 amide bonds. The van der Waals surface area contributed by atoms with Crippen LogP contribution in [0.2, 0.25) is 0 Å². The highest BCUT2D eigenvalue weighted by atomic mass is 79.9. The second-order valence-corrected chi connectivity index (χ2v) is 4.14. The van der Waals surface area contributed by atoms with E-state index in [4.69, 9.17) is 11.2 Å². The number of aromatic nitrogens is 2. The zero-order valence-corrected chi connectivity index (χ0v) is 11.2. The molecular formula is C11H13BrN2O3. The van der Waals surface area contributed by atoms with E-state index in [1.165, 1.54) is 17.8 Å². The van der Waals surface area contributed by atoms with Gasteiger partial charge in [-0.2, -0.15) is 0 Å². The average Bonchev–Trinajstić information content (AvgIpc) is 2.33. The molecule has 0 aliphatic carbocycles. The first-order valence-electron chi connectivity index (χ1n) is 4.92. The normalized spacial score (nSPS) is 12.1. The zero-order chi connectivity index (χ0) is 13.0. The lowest BCUT2D eigenvalue weighted by atomic mass is 10.4. The van der Waals surface area contributed by atoms with Gasteiger partial charge in [0.15, 0.2) is 0 Å². The number of ether oxygens (including phenoxy) is 1. The number of halogens is 1. The number of hydrogen-bond acceptors (Lipinski definition) is 3. The predicted octanol–water partition coefficient (Wildman–Crippen LogP) is 0.399. The number of aryl methyl sites for hydroxylation is 1. The molecule has 5 nitrogen and oxygen atoms in total. The van der Waals surface area contributed by atoms with Crippen LogP contribution < -0.4 is 11.2 Å². The zero-order valence-electron chi connectivity index (χ0n) is 9.64. The van der Waals surface area contributed by atoms with Crippen LogP contribution in [0, 0.1) is 19.3 Å². The lowest BCUT2D eigenvalue weighted by molar-refractivity contribution is 0.0381. The Morgan fingerprint density at radius 1 is 1.59 bits per heavy atom. The van der Waals surface area contributed by atoms with Crippen LogP contribution in [0.5, 0.6) is 0 Å². The van der Waals surface area contributed by atoms with E-state index < -0.39 is 11.9 Å². The number of terminal acetylenes is 1.